The van der Waals surface area contributed by atoms with E-state index in [0.29, 0.717) is 38.0 Å². The molecule has 8 nitrogen and oxygen atoms in total. The molecule has 1 N–H and O–H groups in total. The number of esters is 1. The van der Waals surface area contributed by atoms with E-state index < -0.39 is 5.97 Å². The fraction of sp³-hybridized carbons (Fsp3) is 0.207. The summed E-state index contributed by atoms with van der Waals surface area (Å²) in [7, 11) is 0. The normalized spacial score (nSPS) is 13.1. The lowest BCUT2D eigenvalue weighted by molar-refractivity contribution is -0.113. The maximum Gasteiger partial charge on any atom is 0.338 e. The summed E-state index contributed by atoms with van der Waals surface area (Å²) in [5.74, 6) is 0.0374. The number of hydrogen-bond donors (Lipinski definition) is 1. The van der Waals surface area contributed by atoms with Crippen LogP contribution in [0.25, 0.3) is 27.6 Å². The average Bonchev–Trinajstić information content (AvgIpc) is 3.73. The van der Waals surface area contributed by atoms with Crippen molar-refractivity contribution in [2.75, 3.05) is 17.7 Å². The first-order chi connectivity index (χ1) is 19.4. The molecule has 1 amide bonds. The Bertz CT molecular complexity index is 1790. The molecule has 1 fully saturated rings. The zero-order valence-corrected chi connectivity index (χ0v) is 24.5. The summed E-state index contributed by atoms with van der Waals surface area (Å²) in [4.78, 5) is 38.3. The highest BCUT2D eigenvalue weighted by Gasteiger charge is 2.27. The van der Waals surface area contributed by atoms with E-state index in [1.807, 2.05) is 10.6 Å². The molecule has 5 aromatic rings. The number of fused-ring (bicyclic) bond motifs is 2. The monoisotopic (exact) mass is 635 g/mol. The molecule has 0 aliphatic heterocycles. The third-order valence-electron chi connectivity index (χ3n) is 6.62. The van der Waals surface area contributed by atoms with Crippen LogP contribution in [0.5, 0.6) is 0 Å². The van der Waals surface area contributed by atoms with Gasteiger partial charge in [-0.1, -0.05) is 42.1 Å². The molecule has 1 aliphatic rings. The molecule has 1 saturated carbocycles. The number of carbonyl (C=O) groups is 2. The maximum absolute atomic E-state index is 13.0. The summed E-state index contributed by atoms with van der Waals surface area (Å²) < 4.78 is 7.57. The van der Waals surface area contributed by atoms with Gasteiger partial charge in [0.05, 0.1) is 35.5 Å². The highest BCUT2D eigenvalue weighted by atomic mass is 79.9. The van der Waals surface area contributed by atoms with Crippen molar-refractivity contribution in [3.63, 3.8) is 0 Å². The highest BCUT2D eigenvalue weighted by molar-refractivity contribution is 9.10. The zero-order chi connectivity index (χ0) is 27.8. The van der Waals surface area contributed by atoms with Crippen molar-refractivity contribution in [3.8, 4) is 5.69 Å². The number of halogens is 2. The van der Waals surface area contributed by atoms with Gasteiger partial charge in [0.15, 0.2) is 10.8 Å². The molecule has 0 spiro atoms. The van der Waals surface area contributed by atoms with Gasteiger partial charge in [0.1, 0.15) is 5.52 Å². The second-order valence-electron chi connectivity index (χ2n) is 9.32. The minimum Gasteiger partial charge on any atom is -0.462 e. The summed E-state index contributed by atoms with van der Waals surface area (Å²) in [5.41, 5.74) is 4.37. The van der Waals surface area contributed by atoms with Gasteiger partial charge in [0, 0.05) is 9.86 Å². The summed E-state index contributed by atoms with van der Waals surface area (Å²) in [6.07, 6.45) is 4.00. The zero-order valence-electron chi connectivity index (χ0n) is 21.4. The number of amides is 1. The van der Waals surface area contributed by atoms with Gasteiger partial charge in [-0.05, 0) is 88.4 Å². The Morgan fingerprint density at radius 1 is 1.12 bits per heavy atom. The Hall–Kier alpha value is -3.47. The van der Waals surface area contributed by atoms with Crippen LogP contribution in [0, 0.1) is 0 Å². The molecule has 0 radical (unpaired) electrons. The van der Waals surface area contributed by atoms with Gasteiger partial charge in [-0.25, -0.2) is 14.8 Å². The molecule has 11 heteroatoms. The Morgan fingerprint density at radius 3 is 2.67 bits per heavy atom. The number of ether oxygens (including phenoxy) is 1. The van der Waals surface area contributed by atoms with Crippen molar-refractivity contribution in [3.05, 3.63) is 81.7 Å². The maximum atomic E-state index is 13.0. The Balaban J connectivity index is 1.31. The largest absolute Gasteiger partial charge is 0.462 e. The quantitative estimate of drug-likeness (QED) is 0.110. The molecule has 0 bridgehead atoms. The number of aromatic nitrogens is 4. The van der Waals surface area contributed by atoms with Crippen molar-refractivity contribution >= 4 is 78.8 Å². The number of nitrogens with zero attached hydrogens (tertiary/aromatic N) is 4. The van der Waals surface area contributed by atoms with Crippen LogP contribution >= 0.6 is 39.3 Å². The van der Waals surface area contributed by atoms with E-state index in [-0.39, 0.29) is 23.6 Å². The Kier molecular flexibility index (Phi) is 7.48. The van der Waals surface area contributed by atoms with Gasteiger partial charge in [-0.15, -0.1) is 0 Å². The van der Waals surface area contributed by atoms with Crippen LogP contribution in [-0.2, 0) is 9.53 Å². The summed E-state index contributed by atoms with van der Waals surface area (Å²) >= 11 is 10.9. The third kappa shape index (κ3) is 5.31. The molecule has 1 aliphatic carbocycles. The minimum absolute atomic E-state index is 0.0919. The summed E-state index contributed by atoms with van der Waals surface area (Å²) in [5, 5.41) is 5.90. The fourth-order valence-electron chi connectivity index (χ4n) is 4.67. The van der Waals surface area contributed by atoms with Crippen molar-refractivity contribution in [2.45, 2.75) is 30.8 Å². The van der Waals surface area contributed by atoms with E-state index in [4.69, 9.17) is 21.3 Å². The van der Waals surface area contributed by atoms with E-state index in [1.165, 1.54) is 35.6 Å². The molecule has 6 rings (SSSR count). The first-order valence-electron chi connectivity index (χ1n) is 12.7. The van der Waals surface area contributed by atoms with Gasteiger partial charge in [0.2, 0.25) is 11.2 Å². The van der Waals surface area contributed by atoms with Crippen LogP contribution in [0.2, 0.25) is 5.28 Å². The van der Waals surface area contributed by atoms with Crippen LogP contribution in [0.4, 0.5) is 5.69 Å². The van der Waals surface area contributed by atoms with E-state index in [1.54, 1.807) is 31.3 Å². The Labute approximate surface area is 247 Å². The van der Waals surface area contributed by atoms with Crippen molar-refractivity contribution in [1.82, 2.24) is 19.5 Å². The molecule has 0 saturated heterocycles. The minimum atomic E-state index is -0.420. The first-order valence-corrected chi connectivity index (χ1v) is 14.9. The van der Waals surface area contributed by atoms with Gasteiger partial charge in [-0.3, -0.25) is 9.36 Å². The molecule has 3 aromatic carbocycles. The SMILES string of the molecule is CCOC(=O)c1ccc(NC(=O)CSc2nc3cnc(Cl)nc3n2-c2ccc(C3CC3)c3ccccc23)c(Br)c1. The van der Waals surface area contributed by atoms with E-state index in [0.717, 1.165) is 11.1 Å². The molecule has 0 atom stereocenters. The van der Waals surface area contributed by atoms with E-state index >= 15 is 0 Å². The van der Waals surface area contributed by atoms with Crippen LogP contribution in [0.1, 0.15) is 41.6 Å². The Morgan fingerprint density at radius 2 is 1.93 bits per heavy atom. The predicted octanol–water partition coefficient (Wildman–Crippen LogP) is 7.17. The van der Waals surface area contributed by atoms with Gasteiger partial charge < -0.3 is 10.1 Å². The molecule has 2 heterocycles. The average molecular weight is 637 g/mol. The van der Waals surface area contributed by atoms with E-state index in [2.05, 4.69) is 61.5 Å². The van der Waals surface area contributed by atoms with Crippen molar-refractivity contribution < 1.29 is 14.3 Å². The number of thioether (sulfide) groups is 1. The standard InChI is InChI=1S/C29H23BrClN5O3S/c1-2-39-27(38)17-9-11-22(21(30)13-17)33-25(37)15-40-29-34-23-14-32-28(31)35-26(23)36(29)24-12-10-18(16-7-8-16)19-5-3-4-6-20(19)24/h3-6,9-14,16H,2,7-8,15H2,1H3,(H,33,37). The number of carbonyl (C=O) groups excluding carboxylic acids is 2. The van der Waals surface area contributed by atoms with Crippen molar-refractivity contribution in [2.24, 2.45) is 0 Å². The second kappa shape index (κ2) is 11.2. The lowest BCUT2D eigenvalue weighted by atomic mass is 9.99. The third-order valence-corrected chi connectivity index (χ3v) is 8.40. The molecule has 2 aromatic heterocycles. The lowest BCUT2D eigenvalue weighted by Gasteiger charge is -2.14. The van der Waals surface area contributed by atoms with Crippen LogP contribution in [0.3, 0.4) is 0 Å². The smallest absolute Gasteiger partial charge is 0.338 e. The summed E-state index contributed by atoms with van der Waals surface area (Å²) in [6, 6.07) is 17.5. The number of hydrogen-bond acceptors (Lipinski definition) is 7. The van der Waals surface area contributed by atoms with Gasteiger partial charge >= 0.3 is 5.97 Å². The number of anilines is 1. The number of benzene rings is 3. The number of rotatable bonds is 8. The number of imidazole rings is 1. The topological polar surface area (TPSA) is 99.0 Å². The van der Waals surface area contributed by atoms with Crippen molar-refractivity contribution in [1.29, 1.82) is 0 Å². The second-order valence-corrected chi connectivity index (χ2v) is 11.5. The van der Waals surface area contributed by atoms with Crippen LogP contribution in [0.15, 0.2) is 70.4 Å². The molecule has 0 unspecified atom stereocenters. The lowest BCUT2D eigenvalue weighted by Crippen LogP contribution is -2.15. The van der Waals surface area contributed by atoms with Crippen LogP contribution in [-0.4, -0.2) is 43.8 Å². The highest BCUT2D eigenvalue weighted by Crippen LogP contribution is 2.44. The molecular formula is C29H23BrClN5O3S. The first kappa shape index (κ1) is 26.7. The van der Waals surface area contributed by atoms with Crippen LogP contribution < -0.4 is 5.32 Å². The fourth-order valence-corrected chi connectivity index (χ4v) is 6.09. The molecule has 40 heavy (non-hydrogen) atoms. The van der Waals surface area contributed by atoms with Gasteiger partial charge in [-0.2, -0.15) is 4.98 Å². The molecular weight excluding hydrogens is 614 g/mol. The van der Waals surface area contributed by atoms with Gasteiger partial charge in [0.25, 0.3) is 0 Å². The molecule has 202 valence electrons. The predicted molar refractivity (Wildman–Crippen MR) is 161 cm³/mol. The summed E-state index contributed by atoms with van der Waals surface area (Å²) in [6.45, 7) is 2.04. The number of nitrogens with one attached hydrogen (secondary N) is 1. The van der Waals surface area contributed by atoms with E-state index in [9.17, 15) is 9.59 Å².